The van der Waals surface area contributed by atoms with Crippen molar-refractivity contribution in [2.45, 2.75) is 19.8 Å². The standard InChI is InChI=1S/C19H20N2O2S/c1-4-13-8-9-16-17(11-13)24-19(21(16)2)20-18(22)12-14-6-5-7-15(10-14)23-3/h5-11H,4,12H2,1-3H3. The molecule has 0 atom stereocenters. The number of thiazole rings is 1. The van der Waals surface area contributed by atoms with Gasteiger partial charge in [-0.2, -0.15) is 4.99 Å². The Morgan fingerprint density at radius 2 is 2.04 bits per heavy atom. The normalized spacial score (nSPS) is 11.9. The van der Waals surface area contributed by atoms with E-state index < -0.39 is 0 Å². The molecule has 0 bridgehead atoms. The highest BCUT2D eigenvalue weighted by Gasteiger charge is 2.07. The lowest BCUT2D eigenvalue weighted by Gasteiger charge is -2.02. The van der Waals surface area contributed by atoms with E-state index in [2.05, 4.69) is 30.1 Å². The van der Waals surface area contributed by atoms with Crippen molar-refractivity contribution in [3.05, 3.63) is 58.4 Å². The lowest BCUT2D eigenvalue weighted by atomic mass is 10.1. The molecule has 5 heteroatoms. The molecule has 2 aromatic carbocycles. The van der Waals surface area contributed by atoms with E-state index in [9.17, 15) is 4.79 Å². The van der Waals surface area contributed by atoms with Gasteiger partial charge in [-0.15, -0.1) is 0 Å². The van der Waals surface area contributed by atoms with Crippen molar-refractivity contribution in [1.29, 1.82) is 0 Å². The van der Waals surface area contributed by atoms with E-state index in [1.807, 2.05) is 35.9 Å². The number of fused-ring (bicyclic) bond motifs is 1. The quantitative estimate of drug-likeness (QED) is 0.730. The summed E-state index contributed by atoms with van der Waals surface area (Å²) in [4.78, 5) is 17.4. The molecule has 0 saturated carbocycles. The number of rotatable bonds is 4. The maximum absolute atomic E-state index is 12.3. The smallest absolute Gasteiger partial charge is 0.252 e. The van der Waals surface area contributed by atoms with Crippen LogP contribution in [0.25, 0.3) is 10.2 Å². The first-order valence-electron chi connectivity index (χ1n) is 7.89. The van der Waals surface area contributed by atoms with E-state index in [1.165, 1.54) is 5.56 Å². The van der Waals surface area contributed by atoms with Crippen molar-refractivity contribution in [2.24, 2.45) is 12.0 Å². The van der Waals surface area contributed by atoms with Crippen molar-refractivity contribution in [1.82, 2.24) is 4.57 Å². The highest BCUT2D eigenvalue weighted by molar-refractivity contribution is 7.16. The summed E-state index contributed by atoms with van der Waals surface area (Å²) in [6.45, 7) is 2.14. The number of amides is 1. The van der Waals surface area contributed by atoms with Gasteiger partial charge in [0, 0.05) is 7.05 Å². The Kier molecular flexibility index (Phi) is 4.81. The van der Waals surface area contributed by atoms with Crippen LogP contribution < -0.4 is 9.54 Å². The highest BCUT2D eigenvalue weighted by Crippen LogP contribution is 2.19. The summed E-state index contributed by atoms with van der Waals surface area (Å²) in [5.41, 5.74) is 3.30. The van der Waals surface area contributed by atoms with E-state index in [0.29, 0.717) is 0 Å². The summed E-state index contributed by atoms with van der Waals surface area (Å²) in [6.07, 6.45) is 1.27. The van der Waals surface area contributed by atoms with Gasteiger partial charge in [0.05, 0.1) is 23.7 Å². The minimum absolute atomic E-state index is 0.152. The zero-order chi connectivity index (χ0) is 17.1. The molecule has 124 valence electrons. The van der Waals surface area contributed by atoms with Gasteiger partial charge in [-0.1, -0.05) is 36.5 Å². The Morgan fingerprint density at radius 1 is 1.21 bits per heavy atom. The number of hydrogen-bond acceptors (Lipinski definition) is 3. The lowest BCUT2D eigenvalue weighted by molar-refractivity contribution is -0.117. The highest BCUT2D eigenvalue weighted by atomic mass is 32.1. The molecule has 1 heterocycles. The first-order valence-corrected chi connectivity index (χ1v) is 8.71. The second-order valence-electron chi connectivity index (χ2n) is 5.63. The number of hydrogen-bond donors (Lipinski definition) is 0. The molecule has 0 radical (unpaired) electrons. The number of benzene rings is 2. The van der Waals surface area contributed by atoms with Gasteiger partial charge < -0.3 is 9.30 Å². The fourth-order valence-corrected chi connectivity index (χ4v) is 3.71. The topological polar surface area (TPSA) is 43.6 Å². The monoisotopic (exact) mass is 340 g/mol. The molecule has 0 aliphatic rings. The molecule has 0 unspecified atom stereocenters. The van der Waals surface area contributed by atoms with Gasteiger partial charge in [0.15, 0.2) is 4.80 Å². The summed E-state index contributed by atoms with van der Waals surface area (Å²) >= 11 is 1.55. The number of aromatic nitrogens is 1. The van der Waals surface area contributed by atoms with Crippen LogP contribution in [0.2, 0.25) is 0 Å². The molecular weight excluding hydrogens is 320 g/mol. The second kappa shape index (κ2) is 7.01. The van der Waals surface area contributed by atoms with Crippen LogP contribution in [0.1, 0.15) is 18.1 Å². The van der Waals surface area contributed by atoms with Crippen molar-refractivity contribution in [2.75, 3.05) is 7.11 Å². The Labute approximate surface area is 145 Å². The number of aryl methyl sites for hydroxylation is 2. The number of carbonyl (C=O) groups excluding carboxylic acids is 1. The molecule has 3 rings (SSSR count). The van der Waals surface area contributed by atoms with E-state index in [4.69, 9.17) is 4.74 Å². The molecule has 0 aliphatic carbocycles. The van der Waals surface area contributed by atoms with Gasteiger partial charge in [0.25, 0.3) is 5.91 Å². The third kappa shape index (κ3) is 3.41. The summed E-state index contributed by atoms with van der Waals surface area (Å²) in [7, 11) is 3.56. The molecule has 1 amide bonds. The molecular formula is C19H20N2O2S. The third-order valence-electron chi connectivity index (χ3n) is 3.99. The van der Waals surface area contributed by atoms with Crippen molar-refractivity contribution < 1.29 is 9.53 Å². The molecule has 0 saturated heterocycles. The van der Waals surface area contributed by atoms with Crippen LogP contribution in [0.15, 0.2) is 47.5 Å². The predicted molar refractivity (Wildman–Crippen MR) is 97.4 cm³/mol. The van der Waals surface area contributed by atoms with Crippen LogP contribution in [0.4, 0.5) is 0 Å². The van der Waals surface area contributed by atoms with E-state index in [0.717, 1.165) is 32.8 Å². The minimum Gasteiger partial charge on any atom is -0.497 e. The van der Waals surface area contributed by atoms with Crippen LogP contribution in [0.3, 0.4) is 0 Å². The zero-order valence-electron chi connectivity index (χ0n) is 14.1. The number of ether oxygens (including phenoxy) is 1. The van der Waals surface area contributed by atoms with Crippen LogP contribution in [0.5, 0.6) is 5.75 Å². The Hall–Kier alpha value is -2.40. The molecule has 1 aromatic heterocycles. The maximum atomic E-state index is 12.3. The van der Waals surface area contributed by atoms with Crippen molar-refractivity contribution in [3.63, 3.8) is 0 Å². The maximum Gasteiger partial charge on any atom is 0.252 e. The van der Waals surface area contributed by atoms with Crippen LogP contribution in [-0.4, -0.2) is 17.6 Å². The third-order valence-corrected chi connectivity index (χ3v) is 5.09. The molecule has 0 aliphatic heterocycles. The molecule has 0 fully saturated rings. The van der Waals surface area contributed by atoms with Gasteiger partial charge in [-0.25, -0.2) is 0 Å². The average Bonchev–Trinajstić information content (AvgIpc) is 2.90. The molecule has 0 spiro atoms. The van der Waals surface area contributed by atoms with Gasteiger partial charge in [-0.3, -0.25) is 4.79 Å². The van der Waals surface area contributed by atoms with E-state index in [1.54, 1.807) is 18.4 Å². The van der Waals surface area contributed by atoms with Gasteiger partial charge in [0.1, 0.15) is 5.75 Å². The molecule has 3 aromatic rings. The molecule has 0 N–H and O–H groups in total. The van der Waals surface area contributed by atoms with Gasteiger partial charge in [0.2, 0.25) is 0 Å². The van der Waals surface area contributed by atoms with Crippen LogP contribution in [0, 0.1) is 0 Å². The Bertz CT molecular complexity index is 953. The predicted octanol–water partition coefficient (Wildman–Crippen LogP) is 3.48. The van der Waals surface area contributed by atoms with Crippen molar-refractivity contribution in [3.8, 4) is 5.75 Å². The summed E-state index contributed by atoms with van der Waals surface area (Å²) in [6, 6.07) is 13.9. The fraction of sp³-hybridized carbons (Fsp3) is 0.263. The summed E-state index contributed by atoms with van der Waals surface area (Å²) in [5, 5.41) is 0. The molecule has 24 heavy (non-hydrogen) atoms. The van der Waals surface area contributed by atoms with E-state index >= 15 is 0 Å². The average molecular weight is 340 g/mol. The molecule has 4 nitrogen and oxygen atoms in total. The van der Waals surface area contributed by atoms with Crippen LogP contribution in [-0.2, 0) is 24.7 Å². The SMILES string of the molecule is CCc1ccc2c(c1)sc(=NC(=O)Cc1cccc(OC)c1)n2C. The Balaban J connectivity index is 1.91. The fourth-order valence-electron chi connectivity index (χ4n) is 2.61. The summed E-state index contributed by atoms with van der Waals surface area (Å²) in [5.74, 6) is 0.598. The van der Waals surface area contributed by atoms with Crippen LogP contribution >= 0.6 is 11.3 Å². The zero-order valence-corrected chi connectivity index (χ0v) is 14.9. The van der Waals surface area contributed by atoms with Gasteiger partial charge >= 0.3 is 0 Å². The Morgan fingerprint density at radius 3 is 2.79 bits per heavy atom. The van der Waals surface area contributed by atoms with Crippen molar-refractivity contribution >= 4 is 27.5 Å². The number of nitrogens with zero attached hydrogens (tertiary/aromatic N) is 2. The first kappa shape index (κ1) is 16.5. The first-order chi connectivity index (χ1) is 11.6. The van der Waals surface area contributed by atoms with Gasteiger partial charge in [-0.05, 0) is 41.8 Å². The number of carbonyl (C=O) groups is 1. The largest absolute Gasteiger partial charge is 0.497 e. The van der Waals surface area contributed by atoms with E-state index in [-0.39, 0.29) is 12.3 Å². The lowest BCUT2D eigenvalue weighted by Crippen LogP contribution is -2.14. The second-order valence-corrected chi connectivity index (χ2v) is 6.64. The minimum atomic E-state index is -0.152. The summed E-state index contributed by atoms with van der Waals surface area (Å²) < 4.78 is 8.32. The number of methoxy groups -OCH3 is 1.